The Morgan fingerprint density at radius 3 is 2.56 bits per heavy atom. The number of fused-ring (bicyclic) bond motifs is 1. The van der Waals surface area contributed by atoms with Gasteiger partial charge in [0.25, 0.3) is 5.91 Å². The quantitative estimate of drug-likeness (QED) is 0.637. The van der Waals surface area contributed by atoms with Gasteiger partial charge in [-0.1, -0.05) is 18.2 Å². The maximum atomic E-state index is 13.1. The minimum atomic E-state index is -0.299. The summed E-state index contributed by atoms with van der Waals surface area (Å²) in [4.78, 5) is 12.3. The van der Waals surface area contributed by atoms with Gasteiger partial charge in [-0.3, -0.25) is 9.36 Å². The van der Waals surface area contributed by atoms with Gasteiger partial charge in [0.05, 0.1) is 5.52 Å². The van der Waals surface area contributed by atoms with Crippen molar-refractivity contribution >= 4 is 16.8 Å². The fourth-order valence-corrected chi connectivity index (χ4v) is 2.01. The summed E-state index contributed by atoms with van der Waals surface area (Å²) < 4.78 is 14.6. The standard InChI is InChI=1S/C15H10FNO/c16-13-6-7-14-12(10-13)8-9-17(14)15(18)11-4-2-1-3-5-11/h1-10H. The first-order chi connectivity index (χ1) is 8.75. The first-order valence-corrected chi connectivity index (χ1v) is 5.62. The molecule has 0 atom stereocenters. The van der Waals surface area contributed by atoms with E-state index in [9.17, 15) is 9.18 Å². The molecule has 3 aromatic rings. The van der Waals surface area contributed by atoms with Crippen LogP contribution in [0.5, 0.6) is 0 Å². The molecule has 0 aliphatic rings. The average Bonchev–Trinajstić information content (AvgIpc) is 2.81. The normalized spacial score (nSPS) is 10.7. The van der Waals surface area contributed by atoms with Gasteiger partial charge in [0.1, 0.15) is 5.82 Å². The van der Waals surface area contributed by atoms with Crippen molar-refractivity contribution in [1.82, 2.24) is 4.57 Å². The van der Waals surface area contributed by atoms with E-state index in [1.807, 2.05) is 18.2 Å². The molecule has 88 valence electrons. The number of hydrogen-bond donors (Lipinski definition) is 0. The molecule has 18 heavy (non-hydrogen) atoms. The molecule has 0 aliphatic carbocycles. The lowest BCUT2D eigenvalue weighted by Crippen LogP contribution is -2.10. The summed E-state index contributed by atoms with van der Waals surface area (Å²) in [5, 5.41) is 0.722. The van der Waals surface area contributed by atoms with Crippen LogP contribution in [-0.4, -0.2) is 10.5 Å². The molecule has 0 bridgehead atoms. The molecular weight excluding hydrogens is 229 g/mol. The minimum absolute atomic E-state index is 0.114. The zero-order valence-corrected chi connectivity index (χ0v) is 9.51. The van der Waals surface area contributed by atoms with E-state index in [0.29, 0.717) is 11.1 Å². The minimum Gasteiger partial charge on any atom is -0.283 e. The zero-order chi connectivity index (χ0) is 12.5. The molecule has 1 aromatic heterocycles. The van der Waals surface area contributed by atoms with Gasteiger partial charge in [-0.2, -0.15) is 0 Å². The fourth-order valence-electron chi connectivity index (χ4n) is 2.01. The highest BCUT2D eigenvalue weighted by Gasteiger charge is 2.10. The average molecular weight is 239 g/mol. The first-order valence-electron chi connectivity index (χ1n) is 5.62. The third-order valence-corrected chi connectivity index (χ3v) is 2.89. The van der Waals surface area contributed by atoms with E-state index in [0.717, 1.165) is 5.39 Å². The smallest absolute Gasteiger partial charge is 0.262 e. The van der Waals surface area contributed by atoms with Crippen LogP contribution in [0.15, 0.2) is 60.8 Å². The second-order valence-electron chi connectivity index (χ2n) is 4.06. The topological polar surface area (TPSA) is 22.0 Å². The molecule has 3 rings (SSSR count). The summed E-state index contributed by atoms with van der Waals surface area (Å²) >= 11 is 0. The molecule has 0 radical (unpaired) electrons. The Bertz CT molecular complexity index is 716. The van der Waals surface area contributed by atoms with Crippen molar-refractivity contribution in [3.8, 4) is 0 Å². The monoisotopic (exact) mass is 239 g/mol. The third-order valence-electron chi connectivity index (χ3n) is 2.89. The van der Waals surface area contributed by atoms with E-state index in [1.165, 1.54) is 16.7 Å². The van der Waals surface area contributed by atoms with Crippen LogP contribution in [-0.2, 0) is 0 Å². The van der Waals surface area contributed by atoms with E-state index in [-0.39, 0.29) is 11.7 Å². The summed E-state index contributed by atoms with van der Waals surface area (Å²) in [6.07, 6.45) is 1.67. The van der Waals surface area contributed by atoms with Gasteiger partial charge in [0, 0.05) is 17.1 Å². The van der Waals surface area contributed by atoms with Crippen LogP contribution < -0.4 is 0 Å². The highest BCUT2D eigenvalue weighted by Crippen LogP contribution is 2.18. The lowest BCUT2D eigenvalue weighted by atomic mass is 10.2. The van der Waals surface area contributed by atoms with E-state index in [4.69, 9.17) is 0 Å². The van der Waals surface area contributed by atoms with Crippen molar-refractivity contribution < 1.29 is 9.18 Å². The Kier molecular flexibility index (Phi) is 2.45. The molecule has 0 amide bonds. The third kappa shape index (κ3) is 1.70. The van der Waals surface area contributed by atoms with Crippen LogP contribution in [0, 0.1) is 5.82 Å². The van der Waals surface area contributed by atoms with Crippen molar-refractivity contribution in [3.05, 3.63) is 72.2 Å². The molecule has 3 heteroatoms. The predicted octanol–water partition coefficient (Wildman–Crippen LogP) is 3.47. The highest BCUT2D eigenvalue weighted by atomic mass is 19.1. The number of carbonyl (C=O) groups is 1. The molecule has 1 heterocycles. The van der Waals surface area contributed by atoms with Crippen molar-refractivity contribution in [1.29, 1.82) is 0 Å². The van der Waals surface area contributed by atoms with Crippen LogP contribution in [0.25, 0.3) is 10.9 Å². The molecule has 0 saturated carbocycles. The molecule has 0 unspecified atom stereocenters. The maximum Gasteiger partial charge on any atom is 0.262 e. The molecule has 0 spiro atoms. The van der Waals surface area contributed by atoms with Gasteiger partial charge in [-0.15, -0.1) is 0 Å². The Balaban J connectivity index is 2.13. The number of benzene rings is 2. The predicted molar refractivity (Wildman–Crippen MR) is 68.1 cm³/mol. The maximum absolute atomic E-state index is 13.1. The molecule has 0 fully saturated rings. The molecule has 2 nitrogen and oxygen atoms in total. The number of aromatic nitrogens is 1. The molecule has 2 aromatic carbocycles. The fraction of sp³-hybridized carbons (Fsp3) is 0. The second kappa shape index (κ2) is 4.11. The number of carbonyl (C=O) groups excluding carboxylic acids is 1. The van der Waals surface area contributed by atoms with Crippen LogP contribution >= 0.6 is 0 Å². The number of hydrogen-bond acceptors (Lipinski definition) is 1. The molecule has 0 N–H and O–H groups in total. The Hall–Kier alpha value is -2.42. The summed E-state index contributed by atoms with van der Waals surface area (Å²) in [5.41, 5.74) is 1.32. The zero-order valence-electron chi connectivity index (χ0n) is 9.51. The Morgan fingerprint density at radius 1 is 1.00 bits per heavy atom. The number of halogens is 1. The van der Waals surface area contributed by atoms with Crippen LogP contribution in [0.1, 0.15) is 10.4 Å². The summed E-state index contributed by atoms with van der Waals surface area (Å²) in [5.74, 6) is -0.412. The highest BCUT2D eigenvalue weighted by molar-refractivity contribution is 6.02. The van der Waals surface area contributed by atoms with Crippen molar-refractivity contribution in [2.45, 2.75) is 0 Å². The van der Waals surface area contributed by atoms with E-state index in [2.05, 4.69) is 0 Å². The van der Waals surface area contributed by atoms with Crippen molar-refractivity contribution in [3.63, 3.8) is 0 Å². The van der Waals surface area contributed by atoms with Gasteiger partial charge in [-0.05, 0) is 36.4 Å². The summed E-state index contributed by atoms with van der Waals surface area (Å²) in [6, 6.07) is 15.2. The number of rotatable bonds is 1. The molecule has 0 saturated heterocycles. The largest absolute Gasteiger partial charge is 0.283 e. The van der Waals surface area contributed by atoms with E-state index >= 15 is 0 Å². The van der Waals surface area contributed by atoms with Gasteiger partial charge in [0.15, 0.2) is 0 Å². The SMILES string of the molecule is O=C(c1ccccc1)n1ccc2cc(F)ccc21. The second-order valence-corrected chi connectivity index (χ2v) is 4.06. The van der Waals surface area contributed by atoms with Crippen LogP contribution in [0.2, 0.25) is 0 Å². The van der Waals surface area contributed by atoms with Gasteiger partial charge < -0.3 is 0 Å². The van der Waals surface area contributed by atoms with Gasteiger partial charge in [-0.25, -0.2) is 4.39 Å². The van der Waals surface area contributed by atoms with Gasteiger partial charge in [0.2, 0.25) is 0 Å². The molecular formula is C15H10FNO. The van der Waals surface area contributed by atoms with Crippen molar-refractivity contribution in [2.24, 2.45) is 0 Å². The van der Waals surface area contributed by atoms with E-state index in [1.54, 1.807) is 30.5 Å². The number of nitrogens with zero attached hydrogens (tertiary/aromatic N) is 1. The Morgan fingerprint density at radius 2 is 1.78 bits per heavy atom. The van der Waals surface area contributed by atoms with Crippen LogP contribution in [0.3, 0.4) is 0 Å². The van der Waals surface area contributed by atoms with E-state index < -0.39 is 0 Å². The summed E-state index contributed by atoms with van der Waals surface area (Å²) in [6.45, 7) is 0. The first kappa shape index (κ1) is 10.7. The van der Waals surface area contributed by atoms with Crippen molar-refractivity contribution in [2.75, 3.05) is 0 Å². The molecule has 0 aliphatic heterocycles. The Labute approximate surface area is 103 Å². The van der Waals surface area contributed by atoms with Gasteiger partial charge >= 0.3 is 0 Å². The van der Waals surface area contributed by atoms with Crippen LogP contribution in [0.4, 0.5) is 4.39 Å². The summed E-state index contributed by atoms with van der Waals surface area (Å²) in [7, 11) is 0. The lowest BCUT2D eigenvalue weighted by Gasteiger charge is -2.03. The lowest BCUT2D eigenvalue weighted by molar-refractivity contribution is 0.0965.